The van der Waals surface area contributed by atoms with Gasteiger partial charge in [0.25, 0.3) is 0 Å². The normalized spacial score (nSPS) is 20.0. The van der Waals surface area contributed by atoms with Gasteiger partial charge in [0.05, 0.1) is 42.4 Å². The molecule has 0 saturated carbocycles. The van der Waals surface area contributed by atoms with Crippen LogP contribution in [0.25, 0.3) is 11.3 Å². The Hall–Kier alpha value is -4.02. The van der Waals surface area contributed by atoms with Gasteiger partial charge >= 0.3 is 6.09 Å². The molecule has 34 heavy (non-hydrogen) atoms. The fourth-order valence-corrected chi connectivity index (χ4v) is 4.32. The summed E-state index contributed by atoms with van der Waals surface area (Å²) < 4.78 is 22.2. The predicted octanol–water partition coefficient (Wildman–Crippen LogP) is 2.39. The van der Waals surface area contributed by atoms with E-state index in [0.717, 1.165) is 17.7 Å². The third kappa shape index (κ3) is 4.41. The number of nitrogens with one attached hydrogen (secondary N) is 1. The van der Waals surface area contributed by atoms with Crippen LogP contribution in [0.1, 0.15) is 19.4 Å². The van der Waals surface area contributed by atoms with Crippen LogP contribution >= 0.6 is 0 Å². The largest absolute Gasteiger partial charge is 0.442 e. The number of hydrogen-bond donors (Lipinski definition) is 1. The number of anilines is 2. The van der Waals surface area contributed by atoms with Gasteiger partial charge in [0.15, 0.2) is 0 Å². The first-order valence-corrected chi connectivity index (χ1v) is 11.1. The smallest absolute Gasteiger partial charge is 0.414 e. The van der Waals surface area contributed by atoms with Gasteiger partial charge in [-0.25, -0.2) is 19.2 Å². The molecule has 2 aromatic heterocycles. The van der Waals surface area contributed by atoms with Gasteiger partial charge in [-0.15, -0.1) is 0 Å². The van der Waals surface area contributed by atoms with E-state index in [1.807, 2.05) is 21.8 Å². The van der Waals surface area contributed by atoms with Crippen LogP contribution in [-0.2, 0) is 9.53 Å². The van der Waals surface area contributed by atoms with Crippen molar-refractivity contribution in [1.82, 2.24) is 25.1 Å². The number of rotatable bonds is 6. The van der Waals surface area contributed by atoms with E-state index in [0.29, 0.717) is 24.5 Å². The molecular weight excluding hydrogens is 441 g/mol. The van der Waals surface area contributed by atoms with Gasteiger partial charge < -0.3 is 15.0 Å². The van der Waals surface area contributed by atoms with Crippen LogP contribution in [-0.4, -0.2) is 64.0 Å². The highest BCUT2D eigenvalue weighted by molar-refractivity contribution is 5.90. The van der Waals surface area contributed by atoms with E-state index in [1.165, 1.54) is 24.2 Å². The maximum Gasteiger partial charge on any atom is 0.414 e. The molecule has 2 fully saturated rings. The summed E-state index contributed by atoms with van der Waals surface area (Å²) in [6, 6.07) is 6.70. The number of nitrogens with zero attached hydrogens (tertiary/aromatic N) is 6. The molecule has 2 saturated heterocycles. The Kier molecular flexibility index (Phi) is 5.83. The van der Waals surface area contributed by atoms with E-state index in [4.69, 9.17) is 4.74 Å². The van der Waals surface area contributed by atoms with Crippen molar-refractivity contribution in [3.05, 3.63) is 55.0 Å². The van der Waals surface area contributed by atoms with E-state index in [-0.39, 0.29) is 25.0 Å². The number of amides is 2. The number of cyclic esters (lactones) is 1. The van der Waals surface area contributed by atoms with E-state index >= 15 is 4.39 Å². The standard InChI is InChI=1S/C23H24FN7O3/c1-15(32)26-10-19-13-30(23(33)34-19)17-2-3-22(20(24)8-17)29-7-5-18(12-29)31-11-16(9-28-31)21-4-6-25-14-27-21/h2-4,6,8-9,11,14,18-19H,5,7,10,12-13H2,1H3,(H,26,32)/t18-,19+/m1/s1. The molecule has 5 rings (SSSR count). The van der Waals surface area contributed by atoms with E-state index in [2.05, 4.69) is 20.4 Å². The summed E-state index contributed by atoms with van der Waals surface area (Å²) >= 11 is 0. The average molecular weight is 465 g/mol. The lowest BCUT2D eigenvalue weighted by atomic mass is 10.2. The van der Waals surface area contributed by atoms with Crippen LogP contribution in [0.4, 0.5) is 20.6 Å². The molecule has 0 spiro atoms. The summed E-state index contributed by atoms with van der Waals surface area (Å²) in [6.07, 6.45) is 6.72. The molecule has 1 N–H and O–H groups in total. The number of aromatic nitrogens is 4. The van der Waals surface area contributed by atoms with Crippen LogP contribution in [0.5, 0.6) is 0 Å². The Balaban J connectivity index is 1.25. The van der Waals surface area contributed by atoms with Gasteiger partial charge in [-0.2, -0.15) is 5.10 Å². The Morgan fingerprint density at radius 1 is 1.29 bits per heavy atom. The SMILES string of the molecule is CC(=O)NC[C@H]1CN(c2ccc(N3CC[C@@H](n4cc(-c5ccncn5)cn4)C3)c(F)c2)C(=O)O1. The number of hydrogen-bond acceptors (Lipinski definition) is 7. The van der Waals surface area contributed by atoms with Crippen LogP contribution in [0.3, 0.4) is 0 Å². The summed E-state index contributed by atoms with van der Waals surface area (Å²) in [4.78, 5) is 34.9. The third-order valence-corrected chi connectivity index (χ3v) is 6.05. The van der Waals surface area contributed by atoms with Crippen LogP contribution < -0.4 is 15.1 Å². The summed E-state index contributed by atoms with van der Waals surface area (Å²) in [5.41, 5.74) is 2.62. The molecule has 2 atom stereocenters. The molecule has 0 radical (unpaired) electrons. The minimum absolute atomic E-state index is 0.109. The Morgan fingerprint density at radius 3 is 2.94 bits per heavy atom. The molecule has 0 unspecified atom stereocenters. The fourth-order valence-electron chi connectivity index (χ4n) is 4.32. The van der Waals surface area contributed by atoms with Crippen molar-refractivity contribution < 1.29 is 18.7 Å². The second-order valence-corrected chi connectivity index (χ2v) is 8.38. The van der Waals surface area contributed by atoms with Crippen molar-refractivity contribution in [3.8, 4) is 11.3 Å². The second-order valence-electron chi connectivity index (χ2n) is 8.38. The zero-order valence-electron chi connectivity index (χ0n) is 18.6. The Labute approximate surface area is 195 Å². The predicted molar refractivity (Wildman–Crippen MR) is 122 cm³/mol. The molecule has 2 aliphatic heterocycles. The molecule has 0 bridgehead atoms. The summed E-state index contributed by atoms with van der Waals surface area (Å²) in [7, 11) is 0. The minimum Gasteiger partial charge on any atom is -0.442 e. The number of carbonyl (C=O) groups is 2. The number of carbonyl (C=O) groups excluding carboxylic acids is 2. The van der Waals surface area contributed by atoms with Gasteiger partial charge in [0, 0.05) is 38.0 Å². The molecule has 0 aliphatic carbocycles. The molecule has 4 heterocycles. The van der Waals surface area contributed by atoms with Crippen LogP contribution in [0, 0.1) is 5.82 Å². The lowest BCUT2D eigenvalue weighted by Gasteiger charge is -2.21. The first-order chi connectivity index (χ1) is 16.5. The van der Waals surface area contributed by atoms with Crippen molar-refractivity contribution in [2.75, 3.05) is 36.0 Å². The zero-order chi connectivity index (χ0) is 23.7. The lowest BCUT2D eigenvalue weighted by Crippen LogP contribution is -2.33. The highest BCUT2D eigenvalue weighted by Gasteiger charge is 2.33. The molecule has 2 amide bonds. The van der Waals surface area contributed by atoms with E-state index in [1.54, 1.807) is 24.5 Å². The first kappa shape index (κ1) is 21.8. The molecule has 2 aliphatic rings. The van der Waals surface area contributed by atoms with Gasteiger partial charge in [-0.05, 0) is 30.7 Å². The lowest BCUT2D eigenvalue weighted by molar-refractivity contribution is -0.119. The maximum absolute atomic E-state index is 15.1. The van der Waals surface area contributed by atoms with Crippen molar-refractivity contribution in [2.24, 2.45) is 0 Å². The van der Waals surface area contributed by atoms with Gasteiger partial charge in [0.1, 0.15) is 18.2 Å². The van der Waals surface area contributed by atoms with Crippen molar-refractivity contribution in [1.29, 1.82) is 0 Å². The van der Waals surface area contributed by atoms with Crippen LogP contribution in [0.15, 0.2) is 49.2 Å². The van der Waals surface area contributed by atoms with E-state index in [9.17, 15) is 9.59 Å². The molecule has 1 aromatic carbocycles. The average Bonchev–Trinajstić information content (AvgIpc) is 3.58. The molecule has 3 aromatic rings. The van der Waals surface area contributed by atoms with Crippen LogP contribution in [0.2, 0.25) is 0 Å². The van der Waals surface area contributed by atoms with Gasteiger partial charge in [-0.1, -0.05) is 0 Å². The first-order valence-electron chi connectivity index (χ1n) is 11.1. The minimum atomic E-state index is -0.554. The third-order valence-electron chi connectivity index (χ3n) is 6.05. The van der Waals surface area contributed by atoms with Gasteiger partial charge in [-0.3, -0.25) is 14.4 Å². The fraction of sp³-hybridized carbons (Fsp3) is 0.348. The molecular formula is C23H24FN7O3. The number of ether oxygens (including phenoxy) is 1. The molecule has 11 heteroatoms. The van der Waals surface area contributed by atoms with Gasteiger partial charge in [0.2, 0.25) is 5.91 Å². The summed E-state index contributed by atoms with van der Waals surface area (Å²) in [5.74, 6) is -0.604. The van der Waals surface area contributed by atoms with Crippen molar-refractivity contribution in [2.45, 2.75) is 25.5 Å². The monoisotopic (exact) mass is 465 g/mol. The topological polar surface area (TPSA) is 105 Å². The highest BCUT2D eigenvalue weighted by atomic mass is 19.1. The summed E-state index contributed by atoms with van der Waals surface area (Å²) in [6.45, 7) is 3.17. The number of benzene rings is 1. The quantitative estimate of drug-likeness (QED) is 0.596. The summed E-state index contributed by atoms with van der Waals surface area (Å²) in [5, 5.41) is 7.11. The second kappa shape index (κ2) is 9.08. The maximum atomic E-state index is 15.1. The Morgan fingerprint density at radius 2 is 2.18 bits per heavy atom. The van der Waals surface area contributed by atoms with Crippen molar-refractivity contribution in [3.63, 3.8) is 0 Å². The van der Waals surface area contributed by atoms with E-state index < -0.39 is 18.0 Å². The van der Waals surface area contributed by atoms with Crippen molar-refractivity contribution >= 4 is 23.4 Å². The molecule has 10 nitrogen and oxygen atoms in total. The molecule has 176 valence electrons. The zero-order valence-corrected chi connectivity index (χ0v) is 18.6. The number of halogens is 1. The highest BCUT2D eigenvalue weighted by Crippen LogP contribution is 2.32. The Bertz CT molecular complexity index is 1200.